The average molecular weight is 890 g/mol. The molecular formula is C43H60FN13O5S. The molecule has 18 nitrogen and oxygen atoms in total. The predicted octanol–water partition coefficient (Wildman–Crippen LogP) is 4.49. The number of benzene rings is 2. The minimum absolute atomic E-state index is 0.0930. The molecule has 3 atom stereocenters. The molecule has 5 aromatic rings. The number of nitrogens with zero attached hydrogens (tertiary/aromatic N) is 9. The maximum atomic E-state index is 15.5. The summed E-state index contributed by atoms with van der Waals surface area (Å²) in [4.78, 5) is 48.2. The van der Waals surface area contributed by atoms with Crippen LogP contribution in [0.15, 0.2) is 58.6 Å². The first-order chi connectivity index (χ1) is 30.2. The number of aromatic nitrogens is 6. The summed E-state index contributed by atoms with van der Waals surface area (Å²) in [7, 11) is 3.50. The number of amides is 1. The molecule has 1 amide bonds. The molecule has 2 aromatic carbocycles. The minimum Gasteiger partial charge on any atom is -0.485 e. The number of carbonyl (C=O) groups is 2. The molecule has 1 aliphatic heterocycles. The molecular weight excluding hydrogens is 830 g/mol. The monoisotopic (exact) mass is 889 g/mol. The van der Waals surface area contributed by atoms with Crippen molar-refractivity contribution in [3.63, 3.8) is 0 Å². The molecule has 0 aliphatic carbocycles. The Bertz CT molecular complexity index is 2500. The van der Waals surface area contributed by atoms with E-state index in [9.17, 15) is 13.8 Å². The largest absolute Gasteiger partial charge is 0.485 e. The van der Waals surface area contributed by atoms with E-state index in [0.29, 0.717) is 47.1 Å². The fourth-order valence-corrected chi connectivity index (χ4v) is 8.68. The molecule has 1 fully saturated rings. The number of nitrogens with two attached hydrogens (primary N) is 1. The molecule has 1 aliphatic rings. The van der Waals surface area contributed by atoms with E-state index in [0.717, 1.165) is 68.2 Å². The van der Waals surface area contributed by atoms with Crippen molar-refractivity contribution in [1.29, 1.82) is 5.41 Å². The second kappa shape index (κ2) is 21.9. The number of anilines is 3. The molecule has 20 heteroatoms. The summed E-state index contributed by atoms with van der Waals surface area (Å²) in [5, 5.41) is 17.2. The van der Waals surface area contributed by atoms with Crippen LogP contribution >= 0.6 is 0 Å². The zero-order chi connectivity index (χ0) is 46.0. The first kappa shape index (κ1) is 48.0. The van der Waals surface area contributed by atoms with Crippen LogP contribution in [-0.2, 0) is 27.6 Å². The summed E-state index contributed by atoms with van der Waals surface area (Å²) in [6, 6.07) is 10.2. The Hall–Kier alpha value is -5.99. The number of nitrogens with one attached hydrogen (secondary N) is 3. The molecule has 0 spiro atoms. The number of ether oxygens (including phenoxy) is 1. The average Bonchev–Trinajstić information content (AvgIpc) is 3.80. The van der Waals surface area contributed by atoms with Crippen LogP contribution in [0.3, 0.4) is 0 Å². The molecule has 340 valence electrons. The molecule has 1 saturated heterocycles. The third-order valence-electron chi connectivity index (χ3n) is 10.8. The SMILES string of the molecule is CCCC(C=O)n1c(=O)n(C)c2cc(N3CCN(CCCN(C)S(=O)c4ccc(Nc5nc6c(OC(C)C)c(/C(C=N)=C/N)ncn6n5)c(F)c4)C(C(C)C)C3)ccc21.CNC=O. The van der Waals surface area contributed by atoms with E-state index in [1.165, 1.54) is 29.2 Å². The molecule has 6 rings (SSSR count). The topological polar surface area (TPSA) is 214 Å². The van der Waals surface area contributed by atoms with E-state index in [4.69, 9.17) is 20.7 Å². The number of fused-ring (bicyclic) bond motifs is 2. The lowest BCUT2D eigenvalue weighted by molar-refractivity contribution is -0.111. The van der Waals surface area contributed by atoms with E-state index < -0.39 is 22.8 Å². The van der Waals surface area contributed by atoms with Gasteiger partial charge in [-0.05, 0) is 75.5 Å². The molecule has 0 bridgehead atoms. The van der Waals surface area contributed by atoms with Gasteiger partial charge < -0.3 is 36.2 Å². The Morgan fingerprint density at radius 1 is 1.14 bits per heavy atom. The minimum atomic E-state index is -1.60. The van der Waals surface area contributed by atoms with Crippen LogP contribution in [0.4, 0.5) is 21.7 Å². The van der Waals surface area contributed by atoms with Gasteiger partial charge in [0.1, 0.15) is 35.1 Å². The highest BCUT2D eigenvalue weighted by Gasteiger charge is 2.30. The number of piperazine rings is 1. The van der Waals surface area contributed by atoms with E-state index >= 15 is 4.39 Å². The normalized spacial score (nSPS) is 15.7. The predicted molar refractivity (Wildman–Crippen MR) is 246 cm³/mol. The lowest BCUT2D eigenvalue weighted by atomic mass is 9.98. The van der Waals surface area contributed by atoms with Crippen LogP contribution in [0, 0.1) is 17.1 Å². The number of allylic oxidation sites excluding steroid dienone is 1. The van der Waals surface area contributed by atoms with Crippen LogP contribution in [0.2, 0.25) is 0 Å². The highest BCUT2D eigenvalue weighted by atomic mass is 32.2. The van der Waals surface area contributed by atoms with E-state index in [1.54, 1.807) is 40.6 Å². The van der Waals surface area contributed by atoms with Crippen molar-refractivity contribution in [2.45, 2.75) is 77.0 Å². The van der Waals surface area contributed by atoms with Gasteiger partial charge >= 0.3 is 5.69 Å². The smallest absolute Gasteiger partial charge is 0.329 e. The second-order valence-electron chi connectivity index (χ2n) is 15.9. The Labute approximate surface area is 369 Å². The van der Waals surface area contributed by atoms with E-state index in [1.807, 2.05) is 26.8 Å². The van der Waals surface area contributed by atoms with Crippen LogP contribution in [0.5, 0.6) is 5.75 Å². The Kier molecular flexibility index (Phi) is 16.7. The van der Waals surface area contributed by atoms with Crippen molar-refractivity contribution in [2.24, 2.45) is 18.7 Å². The number of aryl methyl sites for hydroxylation is 1. The number of hydrogen-bond acceptors (Lipinski definition) is 13. The fraction of sp³-hybridized carbons (Fsp3) is 0.465. The van der Waals surface area contributed by atoms with Crippen molar-refractivity contribution in [1.82, 2.24) is 43.2 Å². The van der Waals surface area contributed by atoms with Crippen molar-refractivity contribution < 1.29 is 22.9 Å². The van der Waals surface area contributed by atoms with Crippen molar-refractivity contribution in [3.05, 3.63) is 70.9 Å². The van der Waals surface area contributed by atoms with Crippen LogP contribution in [0.25, 0.3) is 22.3 Å². The summed E-state index contributed by atoms with van der Waals surface area (Å²) >= 11 is 0. The summed E-state index contributed by atoms with van der Waals surface area (Å²) in [6.07, 6.45) is 7.18. The van der Waals surface area contributed by atoms with Gasteiger partial charge in [-0.2, -0.15) is 9.50 Å². The third-order valence-corrected chi connectivity index (χ3v) is 12.2. The Balaban J connectivity index is 0.00000179. The molecule has 0 radical (unpaired) electrons. The second-order valence-corrected chi connectivity index (χ2v) is 17.4. The van der Waals surface area contributed by atoms with Crippen molar-refractivity contribution >= 4 is 69.5 Å². The zero-order valence-electron chi connectivity index (χ0n) is 37.2. The van der Waals surface area contributed by atoms with E-state index in [2.05, 4.69) is 61.5 Å². The molecule has 5 N–H and O–H groups in total. The number of halogens is 1. The van der Waals surface area contributed by atoms with Crippen molar-refractivity contribution in [2.75, 3.05) is 57.0 Å². The molecule has 4 heterocycles. The van der Waals surface area contributed by atoms with Crippen LogP contribution in [0.1, 0.15) is 65.6 Å². The Morgan fingerprint density at radius 2 is 1.89 bits per heavy atom. The molecule has 3 unspecified atom stereocenters. The van der Waals surface area contributed by atoms with Crippen LogP contribution in [-0.4, -0.2) is 120 Å². The summed E-state index contributed by atoms with van der Waals surface area (Å²) in [6.45, 7) is 14.0. The maximum absolute atomic E-state index is 15.5. The molecule has 63 heavy (non-hydrogen) atoms. The molecule has 0 saturated carbocycles. The van der Waals surface area contributed by atoms with Gasteiger partial charge in [-0.15, -0.1) is 5.10 Å². The molecule has 3 aromatic heterocycles. The van der Waals surface area contributed by atoms with Crippen molar-refractivity contribution in [3.8, 4) is 5.75 Å². The zero-order valence-corrected chi connectivity index (χ0v) is 38.1. The van der Waals surface area contributed by atoms with Gasteiger partial charge in [0.25, 0.3) is 0 Å². The van der Waals surface area contributed by atoms with Gasteiger partial charge in [0.05, 0.1) is 33.8 Å². The van der Waals surface area contributed by atoms with Gasteiger partial charge in [-0.1, -0.05) is 27.2 Å². The first-order valence-corrected chi connectivity index (χ1v) is 22.1. The summed E-state index contributed by atoms with van der Waals surface area (Å²) in [5.41, 5.74) is 9.23. The fourth-order valence-electron chi connectivity index (χ4n) is 7.63. The highest BCUT2D eigenvalue weighted by molar-refractivity contribution is 7.82. The summed E-state index contributed by atoms with van der Waals surface area (Å²) in [5.74, 6) is 0.143. The van der Waals surface area contributed by atoms with Crippen LogP contribution < -0.4 is 31.7 Å². The standard InChI is InChI=1S/C41H55FN12O4S.C2H5NO/c1-8-10-30(24-55)54-34-14-11-29(19-35(34)50(7)41(54)56)52-18-17-51(36(23-52)26(2)3)16-9-15-49(6)59(57)31-12-13-33(32(42)20-31)46-40-47-39-38(58-27(4)5)37(28(21-43)22-44)45-25-53(39)48-40;1-3-2-4/h11-14,19-22,24-27,30,36,43H,8-10,15-18,23,44H2,1-7H3,(H,46,48);2H,1H3,(H,3,4)/b28-22+,43-21?;. The number of carbonyl (C=O) groups excluding carboxylic acids is 2. The lowest BCUT2D eigenvalue weighted by Crippen LogP contribution is -2.55. The number of rotatable bonds is 19. The van der Waals surface area contributed by atoms with Gasteiger partial charge in [-0.25, -0.2) is 22.7 Å². The number of aldehydes is 1. The number of imidazole rings is 1. The third kappa shape index (κ3) is 11.0. The maximum Gasteiger partial charge on any atom is 0.329 e. The first-order valence-electron chi connectivity index (χ1n) is 21.0. The quantitative estimate of drug-likeness (QED) is 0.0667. The lowest BCUT2D eigenvalue weighted by Gasteiger charge is -2.44. The van der Waals surface area contributed by atoms with Gasteiger partial charge in [-0.3, -0.25) is 18.8 Å². The summed E-state index contributed by atoms with van der Waals surface area (Å²) < 4.78 is 41.4. The highest BCUT2D eigenvalue weighted by Crippen LogP contribution is 2.31. The Morgan fingerprint density at radius 3 is 2.51 bits per heavy atom. The van der Waals surface area contributed by atoms with E-state index in [-0.39, 0.29) is 35.2 Å². The van der Waals surface area contributed by atoms with Gasteiger partial charge in [0.2, 0.25) is 18.0 Å². The van der Waals surface area contributed by atoms with Gasteiger partial charge in [0.15, 0.2) is 5.75 Å². The van der Waals surface area contributed by atoms with Gasteiger partial charge in [0, 0.05) is 77.0 Å². The number of hydrogen-bond donors (Lipinski definition) is 4.